The number of para-hydroxylation sites is 1. The number of anilines is 1. The molecular weight excluding hydrogens is 601 g/mol. The first kappa shape index (κ1) is 31.0. The van der Waals surface area contributed by atoms with Crippen molar-refractivity contribution in [2.45, 2.75) is 46.6 Å². The predicted molar refractivity (Wildman–Crippen MR) is 183 cm³/mol. The van der Waals surface area contributed by atoms with Gasteiger partial charge in [-0.3, -0.25) is 0 Å². The lowest BCUT2D eigenvalue weighted by molar-refractivity contribution is -0.665. The molecule has 0 saturated carbocycles. The number of aryl methyl sites for hydroxylation is 1. The Morgan fingerprint density at radius 2 is 1.80 bits per heavy atom. The van der Waals surface area contributed by atoms with Crippen LogP contribution in [0.2, 0.25) is 0 Å². The number of rotatable bonds is 9. The van der Waals surface area contributed by atoms with E-state index in [1.165, 1.54) is 26.4 Å². The number of allylic oxidation sites excluding steroid dienone is 6. The second-order valence-corrected chi connectivity index (χ2v) is 15.0. The number of benzene rings is 3. The molecule has 2 heterocycles. The quantitative estimate of drug-likeness (QED) is 0.136. The normalized spacial score (nSPS) is 18.1. The van der Waals surface area contributed by atoms with Gasteiger partial charge in [-0.2, -0.15) is 4.57 Å². The Morgan fingerprint density at radius 1 is 1.02 bits per heavy atom. The van der Waals surface area contributed by atoms with Crippen LogP contribution in [0.5, 0.6) is 5.75 Å². The van der Waals surface area contributed by atoms with Crippen molar-refractivity contribution in [2.75, 3.05) is 17.2 Å². The highest BCUT2D eigenvalue weighted by molar-refractivity contribution is 7.85. The summed E-state index contributed by atoms with van der Waals surface area (Å²) in [5.74, 6) is 0.889. The van der Waals surface area contributed by atoms with Crippen molar-refractivity contribution in [1.82, 2.24) is 0 Å². The van der Waals surface area contributed by atoms with Crippen molar-refractivity contribution in [3.8, 4) is 16.9 Å². The molecule has 0 N–H and O–H groups in total. The van der Waals surface area contributed by atoms with E-state index in [2.05, 4.69) is 86.0 Å². The molecule has 0 amide bonds. The Labute approximate surface area is 270 Å². The van der Waals surface area contributed by atoms with Gasteiger partial charge >= 0.3 is 0 Å². The van der Waals surface area contributed by atoms with Gasteiger partial charge in [0.2, 0.25) is 11.4 Å². The zero-order valence-electron chi connectivity index (χ0n) is 25.9. The first-order valence-corrected chi connectivity index (χ1v) is 17.8. The van der Waals surface area contributed by atoms with Crippen molar-refractivity contribution in [3.05, 3.63) is 119 Å². The van der Waals surface area contributed by atoms with Gasteiger partial charge in [0, 0.05) is 24.4 Å². The summed E-state index contributed by atoms with van der Waals surface area (Å²) in [6, 6.07) is 24.7. The SMILES string of the molecule is CC[n+]1c(C=C2C=C(/C=C/C=C3\Oc4ccc(-c5ccccc5)cc4N3CCCS(=O)(=O)[O-])CC(C)(C)C2)sc2ccccc21. The van der Waals surface area contributed by atoms with Crippen LogP contribution in [0.1, 0.15) is 45.0 Å². The van der Waals surface area contributed by atoms with Crippen LogP contribution < -0.4 is 14.2 Å². The van der Waals surface area contributed by atoms with E-state index in [1.807, 2.05) is 58.7 Å². The Hall–Kier alpha value is -3.98. The van der Waals surface area contributed by atoms with Gasteiger partial charge in [-0.15, -0.1) is 0 Å². The third kappa shape index (κ3) is 7.30. The lowest BCUT2D eigenvalue weighted by atomic mass is 9.75. The Kier molecular flexibility index (Phi) is 8.82. The van der Waals surface area contributed by atoms with Crippen LogP contribution in [-0.4, -0.2) is 25.3 Å². The molecule has 45 heavy (non-hydrogen) atoms. The van der Waals surface area contributed by atoms with Crippen LogP contribution in [0.15, 0.2) is 114 Å². The van der Waals surface area contributed by atoms with Gasteiger partial charge in [-0.1, -0.05) is 91.9 Å². The highest BCUT2D eigenvalue weighted by atomic mass is 32.2. The topological polar surface area (TPSA) is 73.5 Å². The second kappa shape index (κ2) is 12.8. The molecule has 6 rings (SSSR count). The van der Waals surface area contributed by atoms with E-state index in [4.69, 9.17) is 4.74 Å². The van der Waals surface area contributed by atoms with Crippen LogP contribution in [-0.2, 0) is 16.7 Å². The molecule has 1 aromatic heterocycles. The first-order valence-electron chi connectivity index (χ1n) is 15.4. The third-order valence-electron chi connectivity index (χ3n) is 8.16. The van der Waals surface area contributed by atoms with Crippen molar-refractivity contribution in [2.24, 2.45) is 5.41 Å². The molecule has 6 nitrogen and oxygen atoms in total. The van der Waals surface area contributed by atoms with Crippen LogP contribution in [0.25, 0.3) is 27.4 Å². The third-order valence-corrected chi connectivity index (χ3v) is 10.1. The van der Waals surface area contributed by atoms with Crippen molar-refractivity contribution >= 4 is 43.4 Å². The van der Waals surface area contributed by atoms with E-state index in [0.717, 1.165) is 36.2 Å². The van der Waals surface area contributed by atoms with Crippen molar-refractivity contribution < 1.29 is 22.3 Å². The number of nitrogens with zero attached hydrogens (tertiary/aromatic N) is 2. The maximum absolute atomic E-state index is 11.4. The van der Waals surface area contributed by atoms with Crippen molar-refractivity contribution in [3.63, 3.8) is 0 Å². The zero-order chi connectivity index (χ0) is 31.6. The Bertz CT molecular complexity index is 1950. The molecule has 0 atom stereocenters. The summed E-state index contributed by atoms with van der Waals surface area (Å²) in [4.78, 5) is 1.97. The largest absolute Gasteiger partial charge is 0.748 e. The van der Waals surface area contributed by atoms with Gasteiger partial charge in [0.05, 0.1) is 15.8 Å². The fourth-order valence-electron chi connectivity index (χ4n) is 6.27. The fraction of sp³-hybridized carbons (Fsp3) is 0.270. The summed E-state index contributed by atoms with van der Waals surface area (Å²) in [6.45, 7) is 8.08. The van der Waals surface area contributed by atoms with E-state index in [0.29, 0.717) is 18.2 Å². The minimum atomic E-state index is -4.31. The van der Waals surface area contributed by atoms with Gasteiger partial charge < -0.3 is 14.2 Å². The molecule has 1 aliphatic carbocycles. The molecule has 0 radical (unpaired) electrons. The second-order valence-electron chi connectivity index (χ2n) is 12.4. The van der Waals surface area contributed by atoms with Crippen LogP contribution in [0.4, 0.5) is 5.69 Å². The van der Waals surface area contributed by atoms with Gasteiger partial charge in [-0.05, 0) is 78.1 Å². The Morgan fingerprint density at radius 3 is 2.58 bits per heavy atom. The maximum atomic E-state index is 11.4. The van der Waals surface area contributed by atoms with Crippen LogP contribution >= 0.6 is 11.3 Å². The molecule has 0 bridgehead atoms. The molecule has 232 valence electrons. The summed E-state index contributed by atoms with van der Waals surface area (Å²) in [5, 5.41) is 1.26. The minimum absolute atomic E-state index is 0.116. The lowest BCUT2D eigenvalue weighted by Crippen LogP contribution is -2.33. The molecule has 1 aliphatic heterocycles. The van der Waals surface area contributed by atoms with Gasteiger partial charge in [0.25, 0.3) is 5.01 Å². The number of ether oxygens (including phenoxy) is 1. The zero-order valence-corrected chi connectivity index (χ0v) is 27.5. The molecule has 3 aromatic carbocycles. The van der Waals surface area contributed by atoms with Crippen LogP contribution in [0, 0.1) is 5.41 Å². The number of aromatic nitrogens is 1. The molecule has 8 heteroatoms. The fourth-order valence-corrected chi connectivity index (χ4v) is 7.96. The van der Waals surface area contributed by atoms with E-state index in [9.17, 15) is 13.0 Å². The molecule has 0 unspecified atom stereocenters. The van der Waals surface area contributed by atoms with Gasteiger partial charge in [0.1, 0.15) is 11.2 Å². The minimum Gasteiger partial charge on any atom is -0.748 e. The monoisotopic (exact) mass is 638 g/mol. The summed E-state index contributed by atoms with van der Waals surface area (Å²) < 4.78 is 44.0. The average Bonchev–Trinajstić information content (AvgIpc) is 3.52. The van der Waals surface area contributed by atoms with Crippen molar-refractivity contribution in [1.29, 1.82) is 0 Å². The molecule has 0 saturated heterocycles. The molecule has 0 fully saturated rings. The number of hydrogen-bond donors (Lipinski definition) is 0. The smallest absolute Gasteiger partial charge is 0.263 e. The first-order chi connectivity index (χ1) is 21.6. The number of thiazole rings is 1. The number of fused-ring (bicyclic) bond motifs is 2. The van der Waals surface area contributed by atoms with E-state index in [1.54, 1.807) is 0 Å². The van der Waals surface area contributed by atoms with E-state index < -0.39 is 15.9 Å². The standard InChI is InChI=1S/C37H38N2O4S2/c1-4-38-31-15-8-9-16-34(31)44-36(38)23-28-22-27(25-37(2,3)26-28)12-10-17-35-39(20-11-21-45(40,41)42)32-24-30(18-19-33(32)43-35)29-13-6-5-7-14-29/h5-10,12-19,22-24H,4,11,20-21,25-26H2,1-3H3. The summed E-state index contributed by atoms with van der Waals surface area (Å²) in [7, 11) is -4.31. The molecule has 2 aliphatic rings. The van der Waals surface area contributed by atoms with E-state index in [-0.39, 0.29) is 11.8 Å². The summed E-state index contributed by atoms with van der Waals surface area (Å²) >= 11 is 1.83. The molecule has 0 spiro atoms. The molecule has 4 aromatic rings. The maximum Gasteiger partial charge on any atom is 0.263 e. The highest BCUT2D eigenvalue weighted by Crippen LogP contribution is 2.42. The Balaban J connectivity index is 1.28. The predicted octanol–water partition coefficient (Wildman–Crippen LogP) is 8.24. The van der Waals surface area contributed by atoms with Crippen LogP contribution in [0.3, 0.4) is 0 Å². The lowest BCUT2D eigenvalue weighted by Gasteiger charge is -2.30. The van der Waals surface area contributed by atoms with Gasteiger partial charge in [0.15, 0.2) is 5.75 Å². The average molecular weight is 639 g/mol. The number of hydrogen-bond acceptors (Lipinski definition) is 6. The summed E-state index contributed by atoms with van der Waals surface area (Å²) in [5.41, 5.74) is 6.91. The van der Waals surface area contributed by atoms with E-state index >= 15 is 0 Å². The summed E-state index contributed by atoms with van der Waals surface area (Å²) in [6.07, 6.45) is 12.9. The molecular formula is C37H38N2O4S2. The highest BCUT2D eigenvalue weighted by Gasteiger charge is 2.28. The van der Waals surface area contributed by atoms with Gasteiger partial charge in [-0.25, -0.2) is 8.42 Å².